The van der Waals surface area contributed by atoms with Crippen molar-refractivity contribution in [3.63, 3.8) is 0 Å². The summed E-state index contributed by atoms with van der Waals surface area (Å²) in [7, 11) is 0. The quantitative estimate of drug-likeness (QED) is 0.539. The first-order chi connectivity index (χ1) is 12.9. The molecule has 1 fully saturated rings. The van der Waals surface area contributed by atoms with E-state index in [1.165, 1.54) is 22.8 Å². The fourth-order valence-corrected chi connectivity index (χ4v) is 3.08. The largest absolute Gasteiger partial charge is 0.344 e. The lowest BCUT2D eigenvalue weighted by Crippen LogP contribution is -2.53. The van der Waals surface area contributed by atoms with Gasteiger partial charge in [-0.1, -0.05) is 0 Å². The number of fused-ring (bicyclic) bond motifs is 1. The first-order valence-corrected chi connectivity index (χ1v) is 8.21. The molecule has 0 amide bonds. The molecule has 1 aromatic carbocycles. The molecule has 0 aliphatic carbocycles. The molecule has 4 rings (SSSR count). The van der Waals surface area contributed by atoms with E-state index < -0.39 is 36.0 Å². The van der Waals surface area contributed by atoms with E-state index >= 15 is 0 Å². The second-order valence-corrected chi connectivity index (χ2v) is 6.27. The lowest BCUT2D eigenvalue weighted by molar-refractivity contribution is -0.0323. The molecule has 3 aromatic rings. The van der Waals surface area contributed by atoms with Crippen LogP contribution >= 0.6 is 0 Å². The Morgan fingerprint density at radius 3 is 2.70 bits per heavy atom. The van der Waals surface area contributed by atoms with Gasteiger partial charge >= 0.3 is 0 Å². The van der Waals surface area contributed by atoms with E-state index in [9.17, 15) is 22.0 Å². The standard InChI is InChI=1S/C17H14F5N5/c18-11-4-3-9(13(19)14(11)20)10-2-1-7-27-15(10)25-16(26-27)24-12-5-6-23-8-17(12,21)22/h1-4,7,12,23H,5-6,8H2,(H,24,26)/t12-/m1/s1. The van der Waals surface area contributed by atoms with E-state index in [4.69, 9.17) is 0 Å². The first-order valence-electron chi connectivity index (χ1n) is 8.21. The monoisotopic (exact) mass is 383 g/mol. The van der Waals surface area contributed by atoms with Crippen LogP contribution in [0.1, 0.15) is 6.42 Å². The number of benzene rings is 1. The van der Waals surface area contributed by atoms with E-state index in [2.05, 4.69) is 20.7 Å². The van der Waals surface area contributed by atoms with E-state index in [0.717, 1.165) is 12.1 Å². The maximum atomic E-state index is 14.2. The van der Waals surface area contributed by atoms with Crippen molar-refractivity contribution in [1.82, 2.24) is 19.9 Å². The molecular formula is C17H14F5N5. The van der Waals surface area contributed by atoms with Crippen LogP contribution in [0.3, 0.4) is 0 Å². The molecule has 0 unspecified atom stereocenters. The molecule has 142 valence electrons. The van der Waals surface area contributed by atoms with Crippen molar-refractivity contribution >= 4 is 11.6 Å². The molecule has 1 saturated heterocycles. The highest BCUT2D eigenvalue weighted by Crippen LogP contribution is 2.30. The van der Waals surface area contributed by atoms with Crippen LogP contribution in [-0.4, -0.2) is 39.7 Å². The molecule has 1 aliphatic rings. The maximum absolute atomic E-state index is 14.2. The Hall–Kier alpha value is -2.75. The molecule has 1 atom stereocenters. The molecule has 0 bridgehead atoms. The van der Waals surface area contributed by atoms with Gasteiger partial charge < -0.3 is 10.6 Å². The van der Waals surface area contributed by atoms with Crippen molar-refractivity contribution in [3.8, 4) is 11.1 Å². The summed E-state index contributed by atoms with van der Waals surface area (Å²) in [5.41, 5.74) is 0.0827. The van der Waals surface area contributed by atoms with Crippen molar-refractivity contribution in [2.75, 3.05) is 18.4 Å². The summed E-state index contributed by atoms with van der Waals surface area (Å²) in [6.07, 6.45) is 1.67. The van der Waals surface area contributed by atoms with Gasteiger partial charge in [0.05, 0.1) is 12.6 Å². The molecule has 1 aliphatic heterocycles. The number of hydrogen-bond acceptors (Lipinski definition) is 4. The van der Waals surface area contributed by atoms with Gasteiger partial charge in [0.25, 0.3) is 5.92 Å². The number of alkyl halides is 2. The molecule has 0 saturated carbocycles. The van der Waals surface area contributed by atoms with Gasteiger partial charge in [0.2, 0.25) is 5.95 Å². The number of aromatic nitrogens is 3. The maximum Gasteiger partial charge on any atom is 0.280 e. The van der Waals surface area contributed by atoms with Gasteiger partial charge in [0.15, 0.2) is 23.1 Å². The normalized spacial score (nSPS) is 19.4. The molecular weight excluding hydrogens is 369 g/mol. The number of nitrogens with zero attached hydrogens (tertiary/aromatic N) is 3. The Morgan fingerprint density at radius 2 is 1.93 bits per heavy atom. The second kappa shape index (κ2) is 6.45. The van der Waals surface area contributed by atoms with Gasteiger partial charge in [-0.15, -0.1) is 5.10 Å². The van der Waals surface area contributed by atoms with Gasteiger partial charge in [-0.2, -0.15) is 4.98 Å². The van der Waals surface area contributed by atoms with Gasteiger partial charge in [-0.25, -0.2) is 26.5 Å². The van der Waals surface area contributed by atoms with Crippen LogP contribution in [-0.2, 0) is 0 Å². The van der Waals surface area contributed by atoms with Crippen LogP contribution in [0.4, 0.5) is 27.9 Å². The van der Waals surface area contributed by atoms with Crippen molar-refractivity contribution < 1.29 is 22.0 Å². The topological polar surface area (TPSA) is 54.2 Å². The average molecular weight is 383 g/mol. The highest BCUT2D eigenvalue weighted by Gasteiger charge is 2.42. The number of halogens is 5. The number of piperidine rings is 1. The molecule has 3 heterocycles. The van der Waals surface area contributed by atoms with Gasteiger partial charge in [0, 0.05) is 17.3 Å². The summed E-state index contributed by atoms with van der Waals surface area (Å²) >= 11 is 0. The summed E-state index contributed by atoms with van der Waals surface area (Å²) < 4.78 is 70.1. The lowest BCUT2D eigenvalue weighted by Gasteiger charge is -2.31. The Balaban J connectivity index is 1.74. The minimum atomic E-state index is -2.98. The van der Waals surface area contributed by atoms with Crippen LogP contribution in [0.5, 0.6) is 0 Å². The zero-order chi connectivity index (χ0) is 19.2. The Bertz CT molecular complexity index is 1000. The Kier molecular flexibility index (Phi) is 4.22. The first kappa shape index (κ1) is 17.7. The fourth-order valence-electron chi connectivity index (χ4n) is 3.08. The third-order valence-electron chi connectivity index (χ3n) is 4.47. The van der Waals surface area contributed by atoms with Gasteiger partial charge in [-0.3, -0.25) is 0 Å². The van der Waals surface area contributed by atoms with Gasteiger partial charge in [0.1, 0.15) is 0 Å². The van der Waals surface area contributed by atoms with Crippen molar-refractivity contribution in [2.24, 2.45) is 0 Å². The smallest absolute Gasteiger partial charge is 0.280 e. The lowest BCUT2D eigenvalue weighted by atomic mass is 10.0. The fraction of sp³-hybridized carbons (Fsp3) is 0.294. The molecule has 10 heteroatoms. The van der Waals surface area contributed by atoms with E-state index in [-0.39, 0.29) is 29.1 Å². The number of pyridine rings is 1. The zero-order valence-electron chi connectivity index (χ0n) is 13.8. The number of hydrogen-bond donors (Lipinski definition) is 2. The van der Waals surface area contributed by atoms with Crippen LogP contribution in [0, 0.1) is 17.5 Å². The Labute approximate surface area is 150 Å². The van der Waals surface area contributed by atoms with Crippen LogP contribution in [0.2, 0.25) is 0 Å². The highest BCUT2D eigenvalue weighted by molar-refractivity contribution is 5.78. The summed E-state index contributed by atoms with van der Waals surface area (Å²) in [5.74, 6) is -7.30. The van der Waals surface area contributed by atoms with Crippen LogP contribution in [0.15, 0.2) is 30.5 Å². The van der Waals surface area contributed by atoms with E-state index in [1.54, 1.807) is 0 Å². The average Bonchev–Trinajstić information content (AvgIpc) is 3.04. The number of nitrogens with one attached hydrogen (secondary N) is 2. The molecule has 5 nitrogen and oxygen atoms in total. The Morgan fingerprint density at radius 1 is 1.11 bits per heavy atom. The zero-order valence-corrected chi connectivity index (χ0v) is 13.8. The van der Waals surface area contributed by atoms with Crippen LogP contribution in [0.25, 0.3) is 16.8 Å². The number of anilines is 1. The van der Waals surface area contributed by atoms with Crippen LogP contribution < -0.4 is 10.6 Å². The molecule has 0 spiro atoms. The van der Waals surface area contributed by atoms with Crippen molar-refractivity contribution in [1.29, 1.82) is 0 Å². The third-order valence-corrected chi connectivity index (χ3v) is 4.47. The highest BCUT2D eigenvalue weighted by atomic mass is 19.3. The molecule has 0 radical (unpaired) electrons. The minimum Gasteiger partial charge on any atom is -0.344 e. The molecule has 2 aromatic heterocycles. The summed E-state index contributed by atoms with van der Waals surface area (Å²) in [6, 6.07) is 3.72. The summed E-state index contributed by atoms with van der Waals surface area (Å²) in [5, 5.41) is 9.31. The second-order valence-electron chi connectivity index (χ2n) is 6.27. The minimum absolute atomic E-state index is 0.0583. The summed E-state index contributed by atoms with van der Waals surface area (Å²) in [4.78, 5) is 4.15. The predicted molar refractivity (Wildman–Crippen MR) is 88.1 cm³/mol. The SMILES string of the molecule is Fc1ccc(-c2cccn3nc(N[C@@H]4CCNCC4(F)F)nc23)c(F)c1F. The predicted octanol–water partition coefficient (Wildman–Crippen LogP) is 3.22. The molecule has 2 N–H and O–H groups in total. The van der Waals surface area contributed by atoms with Gasteiger partial charge in [-0.05, 0) is 37.2 Å². The summed E-state index contributed by atoms with van der Waals surface area (Å²) in [6.45, 7) is -0.0324. The number of rotatable bonds is 3. The van der Waals surface area contributed by atoms with E-state index in [0.29, 0.717) is 6.54 Å². The third kappa shape index (κ3) is 3.09. The molecule has 27 heavy (non-hydrogen) atoms. The van der Waals surface area contributed by atoms with Crippen molar-refractivity contribution in [2.45, 2.75) is 18.4 Å². The van der Waals surface area contributed by atoms with Crippen molar-refractivity contribution in [3.05, 3.63) is 47.9 Å². The van der Waals surface area contributed by atoms with E-state index in [1.807, 2.05) is 0 Å².